The van der Waals surface area contributed by atoms with Crippen LogP contribution in [-0.2, 0) is 10.0 Å². The van der Waals surface area contributed by atoms with E-state index < -0.39 is 10.0 Å². The van der Waals surface area contributed by atoms with Crippen molar-refractivity contribution >= 4 is 33.0 Å². The second-order valence-electron chi connectivity index (χ2n) is 5.59. The zero-order valence-electron chi connectivity index (χ0n) is 13.4. The molecule has 0 aliphatic carbocycles. The van der Waals surface area contributed by atoms with Gasteiger partial charge in [0, 0.05) is 22.5 Å². The van der Waals surface area contributed by atoms with Crippen LogP contribution in [0.25, 0.3) is 17.0 Å². The fourth-order valence-electron chi connectivity index (χ4n) is 2.59. The Morgan fingerprint density at radius 2 is 1.73 bits per heavy atom. The highest BCUT2D eigenvalue weighted by Crippen LogP contribution is 2.24. The van der Waals surface area contributed by atoms with E-state index in [-0.39, 0.29) is 4.90 Å². The van der Waals surface area contributed by atoms with Gasteiger partial charge >= 0.3 is 0 Å². The summed E-state index contributed by atoms with van der Waals surface area (Å²) >= 11 is 5.82. The summed E-state index contributed by atoms with van der Waals surface area (Å²) in [6, 6.07) is 18.6. The number of pyridine rings is 1. The number of anilines is 1. The van der Waals surface area contributed by atoms with Crippen LogP contribution in [0.4, 0.5) is 5.69 Å². The predicted octanol–water partition coefficient (Wildman–Crippen LogP) is 3.85. The van der Waals surface area contributed by atoms with Crippen LogP contribution in [0.15, 0.2) is 77.8 Å². The monoisotopic (exact) mass is 384 g/mol. The molecule has 0 unspecified atom stereocenters. The van der Waals surface area contributed by atoms with Crippen LogP contribution in [0.2, 0.25) is 5.02 Å². The van der Waals surface area contributed by atoms with Crippen LogP contribution in [-0.4, -0.2) is 23.0 Å². The molecule has 130 valence electrons. The Morgan fingerprint density at radius 3 is 2.54 bits per heavy atom. The molecule has 0 radical (unpaired) electrons. The van der Waals surface area contributed by atoms with Gasteiger partial charge in [-0.05, 0) is 48.5 Å². The number of nitrogens with one attached hydrogen (secondary N) is 1. The second kappa shape index (κ2) is 6.44. The van der Waals surface area contributed by atoms with Gasteiger partial charge in [0.25, 0.3) is 10.0 Å². The Hall–Kier alpha value is -2.90. The van der Waals surface area contributed by atoms with E-state index in [9.17, 15) is 8.42 Å². The van der Waals surface area contributed by atoms with E-state index in [1.165, 1.54) is 24.3 Å². The lowest BCUT2D eigenvalue weighted by molar-refractivity contribution is 0.601. The van der Waals surface area contributed by atoms with Crippen molar-refractivity contribution in [3.05, 3.63) is 77.9 Å². The number of benzene rings is 2. The Bertz CT molecular complexity index is 1190. The zero-order chi connectivity index (χ0) is 18.1. The first-order chi connectivity index (χ1) is 12.5. The number of hydrogen-bond acceptors (Lipinski definition) is 4. The summed E-state index contributed by atoms with van der Waals surface area (Å²) < 4.78 is 29.5. The van der Waals surface area contributed by atoms with Gasteiger partial charge in [0.2, 0.25) is 0 Å². The Balaban J connectivity index is 1.69. The van der Waals surface area contributed by atoms with E-state index in [0.29, 0.717) is 16.5 Å². The molecule has 2 aromatic carbocycles. The lowest BCUT2D eigenvalue weighted by Crippen LogP contribution is -2.12. The largest absolute Gasteiger partial charge is 0.282 e. The van der Waals surface area contributed by atoms with E-state index in [0.717, 1.165) is 11.2 Å². The number of nitrogens with zero attached hydrogens (tertiary/aromatic N) is 3. The number of fused-ring (bicyclic) bond motifs is 1. The summed E-state index contributed by atoms with van der Waals surface area (Å²) in [7, 11) is -3.71. The van der Waals surface area contributed by atoms with Gasteiger partial charge in [0.1, 0.15) is 0 Å². The predicted molar refractivity (Wildman–Crippen MR) is 101 cm³/mol. The number of sulfonamides is 1. The molecule has 0 saturated carbocycles. The van der Waals surface area contributed by atoms with Gasteiger partial charge in [0.05, 0.1) is 4.90 Å². The molecule has 2 heterocycles. The van der Waals surface area contributed by atoms with Crippen molar-refractivity contribution in [2.75, 3.05) is 4.72 Å². The minimum absolute atomic E-state index is 0.139. The summed E-state index contributed by atoms with van der Waals surface area (Å²) in [6.45, 7) is 0. The first-order valence-electron chi connectivity index (χ1n) is 7.71. The lowest BCUT2D eigenvalue weighted by atomic mass is 10.2. The van der Waals surface area contributed by atoms with Crippen molar-refractivity contribution in [3.8, 4) is 11.4 Å². The summed E-state index contributed by atoms with van der Waals surface area (Å²) in [5, 5.41) is 8.79. The molecule has 8 heteroatoms. The number of halogens is 1. The number of rotatable bonds is 4. The number of hydrogen-bond donors (Lipinski definition) is 1. The Kier molecular flexibility index (Phi) is 4.10. The van der Waals surface area contributed by atoms with Gasteiger partial charge in [-0.2, -0.15) is 0 Å². The maximum absolute atomic E-state index is 12.5. The van der Waals surface area contributed by atoms with Crippen molar-refractivity contribution in [2.45, 2.75) is 4.90 Å². The number of aromatic nitrogens is 3. The molecule has 0 aliphatic rings. The van der Waals surface area contributed by atoms with Crippen LogP contribution in [0.1, 0.15) is 0 Å². The van der Waals surface area contributed by atoms with Gasteiger partial charge in [0.15, 0.2) is 11.5 Å². The topological polar surface area (TPSA) is 76.4 Å². The molecular weight excluding hydrogens is 372 g/mol. The summed E-state index contributed by atoms with van der Waals surface area (Å²) in [4.78, 5) is 0.139. The van der Waals surface area contributed by atoms with Crippen LogP contribution < -0.4 is 4.72 Å². The minimum Gasteiger partial charge on any atom is -0.282 e. The van der Waals surface area contributed by atoms with Gasteiger partial charge in [-0.15, -0.1) is 10.2 Å². The highest BCUT2D eigenvalue weighted by atomic mass is 35.5. The summed E-state index contributed by atoms with van der Waals surface area (Å²) in [5.74, 6) is 0.633. The first kappa shape index (κ1) is 16.6. The van der Waals surface area contributed by atoms with Crippen molar-refractivity contribution in [2.24, 2.45) is 0 Å². The smallest absolute Gasteiger partial charge is 0.261 e. The molecule has 6 nitrogen and oxygen atoms in total. The highest BCUT2D eigenvalue weighted by Gasteiger charge is 2.15. The molecule has 0 fully saturated rings. The third-order valence-electron chi connectivity index (χ3n) is 3.81. The van der Waals surface area contributed by atoms with Crippen molar-refractivity contribution in [1.29, 1.82) is 0 Å². The first-order valence-corrected chi connectivity index (χ1v) is 9.58. The second-order valence-corrected chi connectivity index (χ2v) is 7.71. The summed E-state index contributed by atoms with van der Waals surface area (Å²) in [6.07, 6.45) is 1.86. The molecule has 4 aromatic rings. The van der Waals surface area contributed by atoms with Gasteiger partial charge in [-0.3, -0.25) is 9.12 Å². The average Bonchev–Trinajstić information content (AvgIpc) is 3.06. The standard InChI is InChI=1S/C18H13ClN4O2S/c19-14-7-9-16(10-8-14)26(24,25)22-15-5-3-4-13(12-15)18-21-20-17-6-1-2-11-23(17)18/h1-12,22H. The molecule has 0 spiro atoms. The van der Waals surface area contributed by atoms with Crippen molar-refractivity contribution in [1.82, 2.24) is 14.6 Å². The normalized spacial score (nSPS) is 11.6. The third kappa shape index (κ3) is 3.14. The molecule has 1 N–H and O–H groups in total. The van der Waals surface area contributed by atoms with E-state index in [4.69, 9.17) is 11.6 Å². The van der Waals surface area contributed by atoms with Crippen molar-refractivity contribution in [3.63, 3.8) is 0 Å². The molecule has 0 amide bonds. The molecule has 0 bridgehead atoms. The average molecular weight is 385 g/mol. The van der Waals surface area contributed by atoms with Crippen LogP contribution in [0.5, 0.6) is 0 Å². The minimum atomic E-state index is -3.71. The molecule has 0 atom stereocenters. The van der Waals surface area contributed by atoms with E-state index in [1.807, 2.05) is 34.9 Å². The van der Waals surface area contributed by atoms with Crippen LogP contribution in [0.3, 0.4) is 0 Å². The van der Waals surface area contributed by atoms with Gasteiger partial charge in [-0.1, -0.05) is 29.8 Å². The molecular formula is C18H13ClN4O2S. The molecule has 26 heavy (non-hydrogen) atoms. The van der Waals surface area contributed by atoms with Gasteiger partial charge in [-0.25, -0.2) is 8.42 Å². The highest BCUT2D eigenvalue weighted by molar-refractivity contribution is 7.92. The van der Waals surface area contributed by atoms with E-state index >= 15 is 0 Å². The maximum Gasteiger partial charge on any atom is 0.261 e. The summed E-state index contributed by atoms with van der Waals surface area (Å²) in [5.41, 5.74) is 1.90. The van der Waals surface area contributed by atoms with Crippen molar-refractivity contribution < 1.29 is 8.42 Å². The van der Waals surface area contributed by atoms with Crippen LogP contribution in [0, 0.1) is 0 Å². The molecule has 0 aliphatic heterocycles. The molecule has 2 aromatic heterocycles. The van der Waals surface area contributed by atoms with E-state index in [1.54, 1.807) is 18.2 Å². The lowest BCUT2D eigenvalue weighted by Gasteiger charge is -2.09. The quantitative estimate of drug-likeness (QED) is 0.579. The maximum atomic E-state index is 12.5. The Morgan fingerprint density at radius 1 is 0.923 bits per heavy atom. The SMILES string of the molecule is O=S(=O)(Nc1cccc(-c2nnc3ccccn23)c1)c1ccc(Cl)cc1. The molecule has 0 saturated heterocycles. The Labute approximate surface area is 155 Å². The third-order valence-corrected chi connectivity index (χ3v) is 5.46. The van der Waals surface area contributed by atoms with Gasteiger partial charge < -0.3 is 0 Å². The van der Waals surface area contributed by atoms with Crippen LogP contribution >= 0.6 is 11.6 Å². The molecule has 4 rings (SSSR count). The van der Waals surface area contributed by atoms with E-state index in [2.05, 4.69) is 14.9 Å². The fraction of sp³-hybridized carbons (Fsp3) is 0. The fourth-order valence-corrected chi connectivity index (χ4v) is 3.76. The zero-order valence-corrected chi connectivity index (χ0v) is 14.9.